The van der Waals surface area contributed by atoms with E-state index in [0.29, 0.717) is 15.9 Å². The van der Waals surface area contributed by atoms with Crippen molar-refractivity contribution in [2.24, 2.45) is 10.2 Å². The lowest BCUT2D eigenvalue weighted by Gasteiger charge is -2.07. The molecule has 0 aromatic heterocycles. The lowest BCUT2D eigenvalue weighted by molar-refractivity contribution is -0.122. The minimum atomic E-state index is -0.541. The van der Waals surface area contributed by atoms with Crippen LogP contribution in [0.1, 0.15) is 12.0 Å². The number of nitrogens with one attached hydrogen (secondary N) is 2. The van der Waals surface area contributed by atoms with E-state index in [2.05, 4.69) is 20.8 Å². The van der Waals surface area contributed by atoms with Crippen molar-refractivity contribution in [1.82, 2.24) is 5.32 Å². The number of rotatable bonds is 6. The van der Waals surface area contributed by atoms with E-state index >= 15 is 0 Å². The molecule has 1 saturated heterocycles. The molecule has 1 aliphatic heterocycles. The Hall–Kier alpha value is -2.90. The first-order chi connectivity index (χ1) is 13.6. The van der Waals surface area contributed by atoms with Gasteiger partial charge in [0.1, 0.15) is 5.25 Å². The quantitative estimate of drug-likeness (QED) is 0.556. The summed E-state index contributed by atoms with van der Waals surface area (Å²) in [6.07, 6.45) is 5.23. The Morgan fingerprint density at radius 2 is 1.93 bits per heavy atom. The van der Waals surface area contributed by atoms with Crippen molar-refractivity contribution < 1.29 is 9.59 Å². The van der Waals surface area contributed by atoms with Crippen molar-refractivity contribution >= 4 is 58.3 Å². The van der Waals surface area contributed by atoms with Gasteiger partial charge in [-0.1, -0.05) is 59.8 Å². The number of thioether (sulfide) groups is 1. The fourth-order valence-corrected chi connectivity index (χ4v) is 3.39. The molecule has 0 bridgehead atoms. The Bertz CT molecular complexity index is 927. The third kappa shape index (κ3) is 6.07. The van der Waals surface area contributed by atoms with Crippen LogP contribution in [-0.4, -0.2) is 28.4 Å². The van der Waals surface area contributed by atoms with Gasteiger partial charge in [-0.2, -0.15) is 5.10 Å². The van der Waals surface area contributed by atoms with E-state index < -0.39 is 5.25 Å². The van der Waals surface area contributed by atoms with Crippen LogP contribution in [0.25, 0.3) is 6.08 Å². The molecule has 142 valence electrons. The maximum Gasteiger partial charge on any atom is 0.240 e. The maximum atomic E-state index is 12.1. The van der Waals surface area contributed by atoms with Gasteiger partial charge >= 0.3 is 0 Å². The topological polar surface area (TPSA) is 82.9 Å². The summed E-state index contributed by atoms with van der Waals surface area (Å²) in [4.78, 5) is 24.1. The van der Waals surface area contributed by atoms with Gasteiger partial charge in [0, 0.05) is 23.3 Å². The van der Waals surface area contributed by atoms with Crippen molar-refractivity contribution in [2.75, 3.05) is 5.32 Å². The average molecular weight is 413 g/mol. The summed E-state index contributed by atoms with van der Waals surface area (Å²) >= 11 is 7.00. The van der Waals surface area contributed by atoms with Gasteiger partial charge in [-0.25, -0.2) is 0 Å². The molecule has 0 aliphatic carbocycles. The summed E-state index contributed by atoms with van der Waals surface area (Å²) in [5.74, 6) is -0.518. The number of amidine groups is 1. The maximum absolute atomic E-state index is 12.1. The minimum Gasteiger partial charge on any atom is -0.326 e. The lowest BCUT2D eigenvalue weighted by Crippen LogP contribution is -2.28. The molecule has 1 atom stereocenters. The number of halogens is 1. The van der Waals surface area contributed by atoms with Gasteiger partial charge in [-0.3, -0.25) is 9.59 Å². The first-order valence-electron chi connectivity index (χ1n) is 8.46. The molecule has 0 radical (unpaired) electrons. The normalized spacial score (nSPS) is 18.1. The van der Waals surface area contributed by atoms with E-state index in [9.17, 15) is 9.59 Å². The first kappa shape index (κ1) is 19.9. The molecule has 0 spiro atoms. The van der Waals surface area contributed by atoms with Gasteiger partial charge in [0.2, 0.25) is 11.8 Å². The van der Waals surface area contributed by atoms with Crippen LogP contribution in [0.4, 0.5) is 5.69 Å². The number of anilines is 1. The number of carbonyl (C=O) groups is 2. The molecule has 8 heteroatoms. The van der Waals surface area contributed by atoms with Crippen LogP contribution < -0.4 is 10.6 Å². The summed E-state index contributed by atoms with van der Waals surface area (Å²) in [6.45, 7) is 0. The van der Waals surface area contributed by atoms with Crippen LogP contribution in [0, 0.1) is 0 Å². The van der Waals surface area contributed by atoms with E-state index in [4.69, 9.17) is 11.6 Å². The van der Waals surface area contributed by atoms with E-state index in [1.165, 1.54) is 18.0 Å². The Labute approximate surface area is 171 Å². The second-order valence-electron chi connectivity index (χ2n) is 5.79. The molecule has 0 saturated carbocycles. The molecule has 2 N–H and O–H groups in total. The standard InChI is InChI=1S/C20H17ClN4O2S/c21-15-8-10-16(11-9-15)23-18(26)13-17-19(27)24-20(28-17)25-22-12-4-7-14-5-2-1-3-6-14/h1-12,17H,13H2,(H,23,26)(H,24,25,27)/b7-4+,22-12-/t17-/m0/s1. The fraction of sp³-hybridized carbons (Fsp3) is 0.100. The molecule has 28 heavy (non-hydrogen) atoms. The molecule has 2 aromatic rings. The number of hydrogen-bond acceptors (Lipinski definition) is 5. The number of nitrogens with zero attached hydrogens (tertiary/aromatic N) is 2. The predicted octanol–water partition coefficient (Wildman–Crippen LogP) is 3.96. The Morgan fingerprint density at radius 3 is 2.68 bits per heavy atom. The molecule has 1 aliphatic rings. The minimum absolute atomic E-state index is 0.0375. The second kappa shape index (κ2) is 9.87. The third-order valence-electron chi connectivity index (χ3n) is 3.66. The summed E-state index contributed by atoms with van der Waals surface area (Å²) in [5.41, 5.74) is 1.68. The zero-order chi connectivity index (χ0) is 19.8. The molecular formula is C20H17ClN4O2S. The largest absolute Gasteiger partial charge is 0.326 e. The number of hydrogen-bond donors (Lipinski definition) is 2. The Balaban J connectivity index is 1.49. The highest BCUT2D eigenvalue weighted by Gasteiger charge is 2.32. The van der Waals surface area contributed by atoms with Crippen LogP contribution in [0.5, 0.6) is 0 Å². The monoisotopic (exact) mass is 412 g/mol. The van der Waals surface area contributed by atoms with Crippen LogP contribution in [0.3, 0.4) is 0 Å². The van der Waals surface area contributed by atoms with Crippen LogP contribution in [0.2, 0.25) is 5.02 Å². The molecule has 6 nitrogen and oxygen atoms in total. The zero-order valence-corrected chi connectivity index (χ0v) is 16.3. The Morgan fingerprint density at radius 1 is 1.18 bits per heavy atom. The molecule has 2 aromatic carbocycles. The van der Waals surface area contributed by atoms with Gasteiger partial charge in [0.15, 0.2) is 5.17 Å². The highest BCUT2D eigenvalue weighted by molar-refractivity contribution is 8.15. The highest BCUT2D eigenvalue weighted by Crippen LogP contribution is 2.23. The third-order valence-corrected chi connectivity index (χ3v) is 4.99. The van der Waals surface area contributed by atoms with Crippen molar-refractivity contribution in [3.05, 3.63) is 71.3 Å². The van der Waals surface area contributed by atoms with Crippen molar-refractivity contribution in [3.63, 3.8) is 0 Å². The molecule has 2 amide bonds. The van der Waals surface area contributed by atoms with Crippen molar-refractivity contribution in [3.8, 4) is 0 Å². The van der Waals surface area contributed by atoms with E-state index in [1.54, 1.807) is 30.3 Å². The molecule has 0 unspecified atom stereocenters. The van der Waals surface area contributed by atoms with Crippen LogP contribution in [0.15, 0.2) is 70.9 Å². The van der Waals surface area contributed by atoms with Gasteiger partial charge in [-0.15, -0.1) is 5.10 Å². The summed E-state index contributed by atoms with van der Waals surface area (Å²) in [5, 5.41) is 13.7. The highest BCUT2D eigenvalue weighted by atomic mass is 35.5. The van der Waals surface area contributed by atoms with E-state index in [-0.39, 0.29) is 18.2 Å². The Kier molecular flexibility index (Phi) is 7.00. The lowest BCUT2D eigenvalue weighted by atomic mass is 10.2. The first-order valence-corrected chi connectivity index (χ1v) is 9.71. The van der Waals surface area contributed by atoms with E-state index in [0.717, 1.165) is 5.56 Å². The zero-order valence-electron chi connectivity index (χ0n) is 14.7. The summed E-state index contributed by atoms with van der Waals surface area (Å²) < 4.78 is 0. The van der Waals surface area contributed by atoms with Gasteiger partial charge < -0.3 is 10.6 Å². The van der Waals surface area contributed by atoms with Crippen LogP contribution >= 0.6 is 23.4 Å². The average Bonchev–Trinajstić information content (AvgIpc) is 3.03. The van der Waals surface area contributed by atoms with Gasteiger partial charge in [-0.05, 0) is 35.9 Å². The van der Waals surface area contributed by atoms with Crippen LogP contribution in [-0.2, 0) is 9.59 Å². The second-order valence-corrected chi connectivity index (χ2v) is 7.42. The number of allylic oxidation sites excluding steroid dienone is 1. The van der Waals surface area contributed by atoms with E-state index in [1.807, 2.05) is 36.4 Å². The van der Waals surface area contributed by atoms with Gasteiger partial charge in [0.25, 0.3) is 0 Å². The number of carbonyl (C=O) groups excluding carboxylic acids is 2. The number of benzene rings is 2. The molecule has 1 heterocycles. The van der Waals surface area contributed by atoms with Crippen molar-refractivity contribution in [1.29, 1.82) is 0 Å². The number of amides is 2. The molecule has 1 fully saturated rings. The molecule has 3 rings (SSSR count). The predicted molar refractivity (Wildman–Crippen MR) is 116 cm³/mol. The summed E-state index contributed by atoms with van der Waals surface area (Å²) in [7, 11) is 0. The van der Waals surface area contributed by atoms with Gasteiger partial charge in [0.05, 0.1) is 0 Å². The fourth-order valence-electron chi connectivity index (χ4n) is 2.34. The summed E-state index contributed by atoms with van der Waals surface area (Å²) in [6, 6.07) is 16.6. The molecular weight excluding hydrogens is 396 g/mol. The smallest absolute Gasteiger partial charge is 0.240 e. The SMILES string of the molecule is O=C(C[C@@H]1S/C(=N/N=C\C=C\c2ccccc2)NC1=O)Nc1ccc(Cl)cc1. The van der Waals surface area contributed by atoms with Crippen molar-refractivity contribution in [2.45, 2.75) is 11.7 Å².